The predicted octanol–water partition coefficient (Wildman–Crippen LogP) is 3.56. The minimum Gasteiger partial charge on any atom is -0.322 e. The predicted molar refractivity (Wildman–Crippen MR) is 116 cm³/mol. The summed E-state index contributed by atoms with van der Waals surface area (Å²) in [6, 6.07) is 17.0. The molecule has 1 heterocycles. The molecule has 4 N–H and O–H groups in total. The fourth-order valence-corrected chi connectivity index (χ4v) is 4.23. The van der Waals surface area contributed by atoms with Crippen LogP contribution >= 0.6 is 11.6 Å². The van der Waals surface area contributed by atoms with Gasteiger partial charge in [0.25, 0.3) is 15.9 Å². The molecule has 0 saturated carbocycles. The summed E-state index contributed by atoms with van der Waals surface area (Å²) in [5.41, 5.74) is 1.64. The summed E-state index contributed by atoms with van der Waals surface area (Å²) in [5, 5.41) is 2.94. The van der Waals surface area contributed by atoms with Crippen LogP contribution in [-0.4, -0.2) is 24.3 Å². The Kier molecular flexibility index (Phi) is 5.06. The van der Waals surface area contributed by atoms with E-state index in [1.54, 1.807) is 36.4 Å². The van der Waals surface area contributed by atoms with E-state index >= 15 is 0 Å². The maximum absolute atomic E-state index is 12.7. The number of anilines is 2. The molecule has 4 aromatic rings. The van der Waals surface area contributed by atoms with E-state index in [9.17, 15) is 18.0 Å². The number of rotatable bonds is 5. The number of aromatic amines is 2. The number of para-hydroxylation sites is 1. The van der Waals surface area contributed by atoms with Gasteiger partial charge in [-0.2, -0.15) is 0 Å². The number of benzene rings is 3. The molecule has 0 spiro atoms. The molecule has 152 valence electrons. The van der Waals surface area contributed by atoms with Crippen molar-refractivity contribution in [3.8, 4) is 0 Å². The van der Waals surface area contributed by atoms with Crippen molar-refractivity contribution < 1.29 is 13.2 Å². The van der Waals surface area contributed by atoms with Gasteiger partial charge >= 0.3 is 5.69 Å². The molecule has 3 aromatic carbocycles. The Labute approximate surface area is 176 Å². The number of nitrogens with one attached hydrogen (secondary N) is 4. The van der Waals surface area contributed by atoms with Crippen LogP contribution in [0.4, 0.5) is 11.4 Å². The molecule has 1 amide bonds. The molecule has 0 aliphatic heterocycles. The Morgan fingerprint density at radius 3 is 2.47 bits per heavy atom. The van der Waals surface area contributed by atoms with Crippen molar-refractivity contribution >= 4 is 49.9 Å². The van der Waals surface area contributed by atoms with Crippen molar-refractivity contribution in [1.29, 1.82) is 0 Å². The van der Waals surface area contributed by atoms with Crippen molar-refractivity contribution in [2.24, 2.45) is 0 Å². The van der Waals surface area contributed by atoms with E-state index in [1.165, 1.54) is 30.3 Å². The maximum Gasteiger partial charge on any atom is 0.323 e. The Hall–Kier alpha value is -3.56. The van der Waals surface area contributed by atoms with Gasteiger partial charge in [0.1, 0.15) is 0 Å². The molecule has 0 bridgehead atoms. The Bertz CT molecular complexity index is 1430. The Morgan fingerprint density at radius 1 is 0.900 bits per heavy atom. The summed E-state index contributed by atoms with van der Waals surface area (Å²) >= 11 is 6.02. The summed E-state index contributed by atoms with van der Waals surface area (Å²) in [7, 11) is -3.95. The van der Waals surface area contributed by atoms with E-state index in [-0.39, 0.29) is 26.9 Å². The molecule has 8 nitrogen and oxygen atoms in total. The largest absolute Gasteiger partial charge is 0.323 e. The van der Waals surface area contributed by atoms with Gasteiger partial charge < -0.3 is 15.3 Å². The van der Waals surface area contributed by atoms with E-state index in [0.29, 0.717) is 16.7 Å². The molecular weight excluding hydrogens is 428 g/mol. The van der Waals surface area contributed by atoms with Gasteiger partial charge in [0.15, 0.2) is 0 Å². The van der Waals surface area contributed by atoms with Crippen LogP contribution < -0.4 is 15.7 Å². The van der Waals surface area contributed by atoms with Crippen LogP contribution in [0.3, 0.4) is 0 Å². The van der Waals surface area contributed by atoms with Crippen LogP contribution in [0, 0.1) is 0 Å². The zero-order chi connectivity index (χ0) is 21.3. The fourth-order valence-electron chi connectivity index (χ4n) is 2.87. The van der Waals surface area contributed by atoms with Crippen LogP contribution in [0.2, 0.25) is 5.02 Å². The normalized spacial score (nSPS) is 11.4. The lowest BCUT2D eigenvalue weighted by atomic mass is 10.2. The number of carbonyl (C=O) groups excluding carboxylic acids is 1. The first kappa shape index (κ1) is 19.7. The smallest absolute Gasteiger partial charge is 0.322 e. The molecule has 1 aromatic heterocycles. The molecule has 0 radical (unpaired) electrons. The van der Waals surface area contributed by atoms with Crippen LogP contribution in [0.25, 0.3) is 11.0 Å². The van der Waals surface area contributed by atoms with E-state index in [1.807, 2.05) is 0 Å². The molecule has 0 saturated heterocycles. The molecule has 4 rings (SSSR count). The second-order valence-corrected chi connectivity index (χ2v) is 8.50. The lowest BCUT2D eigenvalue weighted by Gasteiger charge is -2.11. The van der Waals surface area contributed by atoms with E-state index in [4.69, 9.17) is 11.6 Å². The molecule has 30 heavy (non-hydrogen) atoms. The van der Waals surface area contributed by atoms with Crippen molar-refractivity contribution in [1.82, 2.24) is 9.97 Å². The van der Waals surface area contributed by atoms with Crippen LogP contribution in [-0.2, 0) is 10.0 Å². The molecule has 0 unspecified atom stereocenters. The van der Waals surface area contributed by atoms with Gasteiger partial charge in [-0.25, -0.2) is 13.2 Å². The van der Waals surface area contributed by atoms with Crippen molar-refractivity contribution in [3.05, 3.63) is 87.8 Å². The van der Waals surface area contributed by atoms with Gasteiger partial charge in [-0.05, 0) is 48.5 Å². The summed E-state index contributed by atoms with van der Waals surface area (Å²) in [6.07, 6.45) is 0. The second kappa shape index (κ2) is 7.69. The third-order valence-electron chi connectivity index (χ3n) is 4.30. The molecular formula is C20H15ClN4O4S. The number of halogens is 1. The number of sulfonamides is 1. The first-order valence-electron chi connectivity index (χ1n) is 8.73. The van der Waals surface area contributed by atoms with Gasteiger partial charge in [0, 0.05) is 11.3 Å². The Morgan fingerprint density at radius 2 is 1.67 bits per heavy atom. The number of H-pyrrole nitrogens is 2. The summed E-state index contributed by atoms with van der Waals surface area (Å²) in [6.45, 7) is 0. The minimum absolute atomic E-state index is 0.0829. The lowest BCUT2D eigenvalue weighted by Crippen LogP contribution is -2.16. The van der Waals surface area contributed by atoms with Gasteiger partial charge in [0.2, 0.25) is 0 Å². The number of imidazole rings is 1. The molecule has 0 fully saturated rings. The second-order valence-electron chi connectivity index (χ2n) is 6.41. The molecule has 10 heteroatoms. The zero-order valence-electron chi connectivity index (χ0n) is 15.3. The zero-order valence-corrected chi connectivity index (χ0v) is 16.8. The highest BCUT2D eigenvalue weighted by atomic mass is 35.5. The Balaban J connectivity index is 1.57. The highest BCUT2D eigenvalue weighted by molar-refractivity contribution is 7.92. The van der Waals surface area contributed by atoms with Gasteiger partial charge in [-0.15, -0.1) is 0 Å². The van der Waals surface area contributed by atoms with Crippen LogP contribution in [0.5, 0.6) is 0 Å². The number of hydrogen-bond donors (Lipinski definition) is 4. The van der Waals surface area contributed by atoms with Crippen molar-refractivity contribution in [2.45, 2.75) is 4.90 Å². The first-order valence-corrected chi connectivity index (χ1v) is 10.6. The van der Waals surface area contributed by atoms with E-state index in [2.05, 4.69) is 20.0 Å². The fraction of sp³-hybridized carbons (Fsp3) is 0. The number of aromatic nitrogens is 2. The standard InChI is InChI=1S/C20H15ClN4O4S/c21-15-6-1-2-7-16(15)25-30(28,29)14-5-3-4-12(10-14)19(26)22-13-8-9-17-18(11-13)24-20(27)23-17/h1-11,25H,(H,22,26)(H2,23,24,27). The number of carbonyl (C=O) groups is 1. The summed E-state index contributed by atoms with van der Waals surface area (Å²) in [4.78, 5) is 29.1. The lowest BCUT2D eigenvalue weighted by molar-refractivity contribution is 0.102. The van der Waals surface area contributed by atoms with Gasteiger partial charge in [-0.3, -0.25) is 9.52 Å². The molecule has 0 atom stereocenters. The average molecular weight is 443 g/mol. The summed E-state index contributed by atoms with van der Waals surface area (Å²) < 4.78 is 27.8. The quantitative estimate of drug-likeness (QED) is 0.377. The third-order valence-corrected chi connectivity index (χ3v) is 5.99. The summed E-state index contributed by atoms with van der Waals surface area (Å²) in [5.74, 6) is -0.498. The first-order chi connectivity index (χ1) is 14.3. The molecule has 0 aliphatic carbocycles. The van der Waals surface area contributed by atoms with Crippen LogP contribution in [0.1, 0.15) is 10.4 Å². The third kappa shape index (κ3) is 4.07. The number of fused-ring (bicyclic) bond motifs is 1. The SMILES string of the molecule is O=C(Nc1ccc2[nH]c(=O)[nH]c2c1)c1cccc(S(=O)(=O)Nc2ccccc2Cl)c1. The average Bonchev–Trinajstić information content (AvgIpc) is 3.09. The maximum atomic E-state index is 12.7. The van der Waals surface area contributed by atoms with E-state index < -0.39 is 15.9 Å². The van der Waals surface area contributed by atoms with Crippen LogP contribution in [0.15, 0.2) is 76.4 Å². The monoisotopic (exact) mass is 442 g/mol. The highest BCUT2D eigenvalue weighted by Gasteiger charge is 2.18. The van der Waals surface area contributed by atoms with Gasteiger partial charge in [-0.1, -0.05) is 29.8 Å². The van der Waals surface area contributed by atoms with Crippen molar-refractivity contribution in [2.75, 3.05) is 10.0 Å². The number of amides is 1. The minimum atomic E-state index is -3.95. The van der Waals surface area contributed by atoms with E-state index in [0.717, 1.165) is 0 Å². The topological polar surface area (TPSA) is 124 Å². The molecule has 0 aliphatic rings. The number of hydrogen-bond acceptors (Lipinski definition) is 4. The highest BCUT2D eigenvalue weighted by Crippen LogP contribution is 2.24. The van der Waals surface area contributed by atoms with Gasteiger partial charge in [0.05, 0.1) is 26.6 Å². The van der Waals surface area contributed by atoms with Crippen molar-refractivity contribution in [3.63, 3.8) is 0 Å².